The predicted octanol–water partition coefficient (Wildman–Crippen LogP) is 0.622. The lowest BCUT2D eigenvalue weighted by Crippen LogP contribution is -2.50. The van der Waals surface area contributed by atoms with Crippen LogP contribution < -0.4 is 5.43 Å². The number of hydrazine groups is 1. The fraction of sp³-hybridized carbons (Fsp3) is 1.00. The minimum absolute atomic E-state index is 0.0400. The summed E-state index contributed by atoms with van der Waals surface area (Å²) in [6, 6.07) is 0. The van der Waals surface area contributed by atoms with Gasteiger partial charge in [-0.25, -0.2) is 5.01 Å². The van der Waals surface area contributed by atoms with Crippen LogP contribution in [0, 0.1) is 5.41 Å². The lowest BCUT2D eigenvalue weighted by Gasteiger charge is -2.34. The molecule has 1 fully saturated rings. The molecule has 0 aliphatic carbocycles. The Bertz CT molecular complexity index is 158. The normalized spacial score (nSPS) is 19.4. The highest BCUT2D eigenvalue weighted by Crippen LogP contribution is 2.24. The molecule has 1 aliphatic rings. The van der Waals surface area contributed by atoms with Crippen LogP contribution in [0.1, 0.15) is 26.7 Å². The van der Waals surface area contributed by atoms with Crippen LogP contribution in [0.4, 0.5) is 0 Å². The highest BCUT2D eigenvalue weighted by Gasteiger charge is 2.26. The van der Waals surface area contributed by atoms with Gasteiger partial charge in [0.1, 0.15) is 0 Å². The van der Waals surface area contributed by atoms with Crippen molar-refractivity contribution in [3.8, 4) is 0 Å². The Morgan fingerprint density at radius 3 is 2.33 bits per heavy atom. The number of rotatable bonds is 6. The molecule has 1 saturated heterocycles. The Morgan fingerprint density at radius 2 is 1.87 bits per heavy atom. The Morgan fingerprint density at radius 1 is 1.27 bits per heavy atom. The summed E-state index contributed by atoms with van der Waals surface area (Å²) in [5, 5.41) is 11.6. The van der Waals surface area contributed by atoms with Gasteiger partial charge in [0.15, 0.2) is 0 Å². The summed E-state index contributed by atoms with van der Waals surface area (Å²) in [6.45, 7) is 8.88. The minimum Gasteiger partial charge on any atom is -0.396 e. The summed E-state index contributed by atoms with van der Waals surface area (Å²) in [5.41, 5.74) is 3.45. The van der Waals surface area contributed by atoms with Gasteiger partial charge in [-0.05, 0) is 12.8 Å². The molecule has 0 bridgehead atoms. The number of nitrogens with zero attached hydrogens (tertiary/aromatic N) is 1. The van der Waals surface area contributed by atoms with Gasteiger partial charge >= 0.3 is 0 Å². The number of aliphatic hydroxyl groups is 1. The van der Waals surface area contributed by atoms with Crippen LogP contribution in [0.15, 0.2) is 0 Å². The third-order valence-electron chi connectivity index (χ3n) is 3.52. The van der Waals surface area contributed by atoms with Gasteiger partial charge < -0.3 is 9.84 Å². The molecule has 0 amide bonds. The van der Waals surface area contributed by atoms with Gasteiger partial charge in [0, 0.05) is 31.7 Å². The Hall–Kier alpha value is -0.160. The lowest BCUT2D eigenvalue weighted by atomic mass is 9.83. The molecule has 0 unspecified atom stereocenters. The number of hydrogen-bond acceptors (Lipinski definition) is 4. The van der Waals surface area contributed by atoms with Crippen LogP contribution >= 0.6 is 0 Å². The van der Waals surface area contributed by atoms with Gasteiger partial charge in [0.05, 0.1) is 13.2 Å². The molecule has 0 spiro atoms. The van der Waals surface area contributed by atoms with Crippen LogP contribution in [0.5, 0.6) is 0 Å². The minimum atomic E-state index is 0.0400. The molecular formula is C11H24N2O2. The molecule has 4 heteroatoms. The maximum Gasteiger partial charge on any atom is 0.0608 e. The van der Waals surface area contributed by atoms with E-state index in [4.69, 9.17) is 4.74 Å². The third kappa shape index (κ3) is 3.72. The zero-order valence-corrected chi connectivity index (χ0v) is 9.96. The summed E-state index contributed by atoms with van der Waals surface area (Å²) < 4.78 is 5.28. The molecular weight excluding hydrogens is 192 g/mol. The van der Waals surface area contributed by atoms with Crippen molar-refractivity contribution in [1.82, 2.24) is 10.4 Å². The smallest absolute Gasteiger partial charge is 0.0608 e. The summed E-state index contributed by atoms with van der Waals surface area (Å²) >= 11 is 0. The van der Waals surface area contributed by atoms with Gasteiger partial charge in [-0.3, -0.25) is 5.43 Å². The van der Waals surface area contributed by atoms with Crippen molar-refractivity contribution < 1.29 is 9.84 Å². The molecule has 1 heterocycles. The molecule has 0 aromatic heterocycles. The van der Waals surface area contributed by atoms with E-state index in [1.165, 1.54) is 0 Å². The van der Waals surface area contributed by atoms with E-state index in [0.29, 0.717) is 0 Å². The summed E-state index contributed by atoms with van der Waals surface area (Å²) in [4.78, 5) is 0. The van der Waals surface area contributed by atoms with Gasteiger partial charge in [-0.1, -0.05) is 13.8 Å². The standard InChI is InChI=1S/C11H24N2O2/c1-3-11(4-2,10-14)9-12-13-5-7-15-8-6-13/h12,14H,3-10H2,1-2H3. The molecule has 1 rings (SSSR count). The second-order valence-electron chi connectivity index (χ2n) is 4.30. The van der Waals surface area contributed by atoms with E-state index in [0.717, 1.165) is 45.7 Å². The molecule has 0 aromatic rings. The second-order valence-corrected chi connectivity index (χ2v) is 4.30. The first-order valence-electron chi connectivity index (χ1n) is 5.93. The number of hydrogen-bond donors (Lipinski definition) is 2. The Kier molecular flexibility index (Phi) is 5.53. The van der Waals surface area contributed by atoms with Crippen LogP contribution in [0.3, 0.4) is 0 Å². The Labute approximate surface area is 92.6 Å². The Balaban J connectivity index is 2.31. The third-order valence-corrected chi connectivity index (χ3v) is 3.52. The van der Waals surface area contributed by atoms with Crippen molar-refractivity contribution in [1.29, 1.82) is 0 Å². The van der Waals surface area contributed by atoms with E-state index in [-0.39, 0.29) is 12.0 Å². The molecule has 0 aromatic carbocycles. The fourth-order valence-electron chi connectivity index (χ4n) is 1.78. The topological polar surface area (TPSA) is 44.7 Å². The fourth-order valence-corrected chi connectivity index (χ4v) is 1.78. The van der Waals surface area contributed by atoms with E-state index < -0.39 is 0 Å². The maximum absolute atomic E-state index is 9.42. The first-order valence-corrected chi connectivity index (χ1v) is 5.93. The molecule has 4 nitrogen and oxygen atoms in total. The van der Waals surface area contributed by atoms with E-state index in [1.54, 1.807) is 0 Å². The van der Waals surface area contributed by atoms with Gasteiger partial charge in [-0.2, -0.15) is 0 Å². The van der Waals surface area contributed by atoms with E-state index in [9.17, 15) is 5.11 Å². The average Bonchev–Trinajstić information content (AvgIpc) is 2.33. The summed E-state index contributed by atoms with van der Waals surface area (Å²) in [7, 11) is 0. The van der Waals surface area contributed by atoms with Crippen molar-refractivity contribution in [2.75, 3.05) is 39.5 Å². The van der Waals surface area contributed by atoms with Crippen LogP contribution in [-0.4, -0.2) is 49.6 Å². The number of morpholine rings is 1. The summed E-state index contributed by atoms with van der Waals surface area (Å²) in [6.07, 6.45) is 2.02. The first kappa shape index (κ1) is 12.9. The molecule has 0 saturated carbocycles. The van der Waals surface area contributed by atoms with Crippen molar-refractivity contribution in [3.63, 3.8) is 0 Å². The highest BCUT2D eigenvalue weighted by molar-refractivity contribution is 4.78. The van der Waals surface area contributed by atoms with Crippen molar-refractivity contribution in [2.24, 2.45) is 5.41 Å². The zero-order valence-electron chi connectivity index (χ0n) is 9.96. The van der Waals surface area contributed by atoms with E-state index >= 15 is 0 Å². The van der Waals surface area contributed by atoms with Crippen molar-refractivity contribution in [3.05, 3.63) is 0 Å². The molecule has 15 heavy (non-hydrogen) atoms. The quantitative estimate of drug-likeness (QED) is 0.683. The number of aliphatic hydroxyl groups excluding tert-OH is 1. The lowest BCUT2D eigenvalue weighted by molar-refractivity contribution is -0.00360. The monoisotopic (exact) mass is 216 g/mol. The van der Waals surface area contributed by atoms with Crippen LogP contribution in [-0.2, 0) is 4.74 Å². The van der Waals surface area contributed by atoms with Crippen LogP contribution in [0.2, 0.25) is 0 Å². The maximum atomic E-state index is 9.42. The highest BCUT2D eigenvalue weighted by atomic mass is 16.5. The molecule has 2 N–H and O–H groups in total. The van der Waals surface area contributed by atoms with Gasteiger partial charge in [0.2, 0.25) is 0 Å². The molecule has 0 atom stereocenters. The predicted molar refractivity (Wildman–Crippen MR) is 60.5 cm³/mol. The summed E-state index contributed by atoms with van der Waals surface area (Å²) in [5.74, 6) is 0. The zero-order chi connectivity index (χ0) is 11.1. The number of nitrogens with one attached hydrogen (secondary N) is 1. The molecule has 90 valence electrons. The van der Waals surface area contributed by atoms with Crippen molar-refractivity contribution >= 4 is 0 Å². The first-order chi connectivity index (χ1) is 7.26. The molecule has 1 aliphatic heterocycles. The largest absolute Gasteiger partial charge is 0.396 e. The van der Waals surface area contributed by atoms with Gasteiger partial charge in [-0.15, -0.1) is 0 Å². The van der Waals surface area contributed by atoms with Crippen molar-refractivity contribution in [2.45, 2.75) is 26.7 Å². The van der Waals surface area contributed by atoms with E-state index in [2.05, 4.69) is 24.3 Å². The van der Waals surface area contributed by atoms with Crippen LogP contribution in [0.25, 0.3) is 0 Å². The van der Waals surface area contributed by atoms with Gasteiger partial charge in [0.25, 0.3) is 0 Å². The van der Waals surface area contributed by atoms with E-state index in [1.807, 2.05) is 0 Å². The molecule has 0 radical (unpaired) electrons. The second kappa shape index (κ2) is 6.43. The SMILES string of the molecule is CCC(CC)(CO)CNN1CCOCC1. The average molecular weight is 216 g/mol. The number of ether oxygens (including phenoxy) is 1.